The van der Waals surface area contributed by atoms with Gasteiger partial charge in [-0.1, -0.05) is 110 Å². The van der Waals surface area contributed by atoms with Gasteiger partial charge in [0.05, 0.1) is 45.7 Å². The van der Waals surface area contributed by atoms with Gasteiger partial charge in [-0.2, -0.15) is 0 Å². The zero-order valence-electron chi connectivity index (χ0n) is 36.9. The van der Waals surface area contributed by atoms with Gasteiger partial charge in [0.2, 0.25) is 5.79 Å². The minimum absolute atomic E-state index is 0.0524. The second-order valence-electron chi connectivity index (χ2n) is 17.5. The molecule has 0 spiro atoms. The number of unbranched alkanes of at least 4 members (excludes halogenated alkanes) is 4. The van der Waals surface area contributed by atoms with Gasteiger partial charge in [-0.15, -0.1) is 0 Å². The van der Waals surface area contributed by atoms with E-state index in [1.807, 2.05) is 75.4 Å². The Morgan fingerprint density at radius 1 is 0.895 bits per heavy atom. The smallest absolute Gasteiger partial charge is 0.330 e. The van der Waals surface area contributed by atoms with E-state index in [0.717, 1.165) is 42.6 Å². The molecule has 320 valence electrons. The number of rotatable bonds is 23. The molecule has 0 bridgehead atoms. The highest BCUT2D eigenvalue weighted by Crippen LogP contribution is 2.49. The van der Waals surface area contributed by atoms with Crippen LogP contribution >= 0.6 is 0 Å². The van der Waals surface area contributed by atoms with E-state index in [2.05, 4.69) is 40.8 Å². The maximum atomic E-state index is 13.7. The highest BCUT2D eigenvalue weighted by atomic mass is 28.4. The van der Waals surface area contributed by atoms with Crippen molar-refractivity contribution in [3.05, 3.63) is 77.4 Å². The Kier molecular flexibility index (Phi) is 18.9. The molecule has 2 aromatic carbocycles. The summed E-state index contributed by atoms with van der Waals surface area (Å²) < 4.78 is 50.5. The van der Waals surface area contributed by atoms with Crippen LogP contribution in [0.4, 0.5) is 0 Å². The van der Waals surface area contributed by atoms with Crippen LogP contribution in [0.5, 0.6) is 5.75 Å². The molecule has 5 atom stereocenters. The molecule has 0 N–H and O–H groups in total. The van der Waals surface area contributed by atoms with Gasteiger partial charge in [0.1, 0.15) is 5.75 Å². The largest absolute Gasteiger partial charge is 0.497 e. The molecule has 1 aliphatic heterocycles. The maximum Gasteiger partial charge on any atom is 0.330 e. The fourth-order valence-corrected chi connectivity index (χ4v) is 7.92. The van der Waals surface area contributed by atoms with Crippen LogP contribution in [0.3, 0.4) is 0 Å². The van der Waals surface area contributed by atoms with Gasteiger partial charge in [0, 0.05) is 38.0 Å². The second-order valence-corrected chi connectivity index (χ2v) is 22.3. The molecule has 0 saturated carbocycles. The van der Waals surface area contributed by atoms with Crippen molar-refractivity contribution in [3.63, 3.8) is 0 Å². The Morgan fingerprint density at radius 2 is 1.53 bits per heavy atom. The minimum atomic E-state index is -2.25. The lowest BCUT2D eigenvalue weighted by Gasteiger charge is -2.54. The molecule has 57 heavy (non-hydrogen) atoms. The number of ether oxygens (including phenoxy) is 7. The van der Waals surface area contributed by atoms with E-state index in [0.29, 0.717) is 31.6 Å². The second kappa shape index (κ2) is 22.3. The molecule has 11 heteroatoms. The molecule has 0 unspecified atom stereocenters. The zero-order chi connectivity index (χ0) is 42.3. The van der Waals surface area contributed by atoms with Crippen molar-refractivity contribution in [1.29, 1.82) is 0 Å². The topological polar surface area (TPSA) is 108 Å². The van der Waals surface area contributed by atoms with E-state index in [1.54, 1.807) is 14.2 Å². The molecule has 2 aromatic rings. The van der Waals surface area contributed by atoms with Gasteiger partial charge in [-0.05, 0) is 66.7 Å². The molecule has 0 amide bonds. The Balaban J connectivity index is 2.06. The third kappa shape index (κ3) is 14.0. The van der Waals surface area contributed by atoms with Crippen molar-refractivity contribution >= 4 is 20.3 Å². The first-order valence-electron chi connectivity index (χ1n) is 20.7. The molecule has 10 nitrogen and oxygen atoms in total. The first-order valence-corrected chi connectivity index (χ1v) is 23.6. The third-order valence-electron chi connectivity index (χ3n) is 11.6. The predicted octanol–water partition coefficient (Wildman–Crippen LogP) is 10.1. The standard InChI is InChI=1S/C46H72O10Si/c1-13-14-15-16-20-23-41(47)55-43-37(29-42(48)50-9)28-39(56-46(43,51-10)45(6,7)33-54-57(11,12)44(3,4)5)30-40(34(2)52-31-35-21-18-17-19-22-35)53-32-36-24-26-38(49-8)27-25-36/h17-19,21-22,24-27,29,34,39-40,43H,13-16,20,23,28,30-33H2,1-12H3/b37-29+/t34-,39+,40-,43+,46-/m1/s1. The monoisotopic (exact) mass is 812 g/mol. The Labute approximate surface area is 344 Å². The van der Waals surface area contributed by atoms with Gasteiger partial charge >= 0.3 is 11.9 Å². The summed E-state index contributed by atoms with van der Waals surface area (Å²) in [6, 6.07) is 17.8. The first kappa shape index (κ1) is 48.3. The quantitative estimate of drug-likeness (QED) is 0.0466. The van der Waals surface area contributed by atoms with Gasteiger partial charge in [-0.3, -0.25) is 4.79 Å². The fourth-order valence-electron chi connectivity index (χ4n) is 6.77. The van der Waals surface area contributed by atoms with Crippen LogP contribution in [0.2, 0.25) is 18.1 Å². The Bertz CT molecular complexity index is 1530. The number of methoxy groups -OCH3 is 3. The molecular weight excluding hydrogens is 741 g/mol. The molecule has 0 aliphatic carbocycles. The number of benzene rings is 2. The van der Waals surface area contributed by atoms with Crippen molar-refractivity contribution < 1.29 is 47.2 Å². The highest BCUT2D eigenvalue weighted by Gasteiger charge is 2.60. The van der Waals surface area contributed by atoms with Crippen LogP contribution in [-0.4, -0.2) is 78.4 Å². The summed E-state index contributed by atoms with van der Waals surface area (Å²) >= 11 is 0. The molecule has 1 heterocycles. The third-order valence-corrected chi connectivity index (χ3v) is 16.0. The summed E-state index contributed by atoms with van der Waals surface area (Å²) in [6.45, 7) is 20.2. The molecule has 1 saturated heterocycles. The molecule has 0 aromatic heterocycles. The lowest BCUT2D eigenvalue weighted by atomic mass is 9.74. The number of carbonyl (C=O) groups is 2. The van der Waals surface area contributed by atoms with Gasteiger partial charge in [0.15, 0.2) is 14.4 Å². The Morgan fingerprint density at radius 3 is 2.12 bits per heavy atom. The SMILES string of the molecule is CCCCCCCC(=O)O[C@H]1/C(=C/C(=O)OC)C[C@@H](C[C@@H](OCc2ccc(OC)cc2)[C@@H](C)OCc2ccccc2)O[C@@]1(OC)C(C)(C)CO[Si](C)(C)C(C)(C)C. The molecule has 3 rings (SSSR count). The van der Waals surface area contributed by atoms with Crippen LogP contribution < -0.4 is 4.74 Å². The van der Waals surface area contributed by atoms with E-state index in [4.69, 9.17) is 37.6 Å². The fraction of sp³-hybridized carbons (Fsp3) is 0.652. The van der Waals surface area contributed by atoms with Gasteiger partial charge in [0.25, 0.3) is 0 Å². The van der Waals surface area contributed by atoms with Crippen LogP contribution in [0.25, 0.3) is 0 Å². The summed E-state index contributed by atoms with van der Waals surface area (Å²) in [5.74, 6) is -1.72. The number of hydrogen-bond acceptors (Lipinski definition) is 10. The number of hydrogen-bond donors (Lipinski definition) is 0. The van der Waals surface area contributed by atoms with Crippen LogP contribution in [0, 0.1) is 5.41 Å². The zero-order valence-corrected chi connectivity index (χ0v) is 37.9. The van der Waals surface area contributed by atoms with Crippen LogP contribution in [0.1, 0.15) is 111 Å². The first-order chi connectivity index (χ1) is 26.9. The molecule has 1 fully saturated rings. The van der Waals surface area contributed by atoms with Crippen molar-refractivity contribution in [2.75, 3.05) is 27.9 Å². The van der Waals surface area contributed by atoms with Crippen molar-refractivity contribution in [2.24, 2.45) is 5.41 Å². The lowest BCUT2D eigenvalue weighted by Crippen LogP contribution is -2.65. The lowest BCUT2D eigenvalue weighted by molar-refractivity contribution is -0.351. The predicted molar refractivity (Wildman–Crippen MR) is 226 cm³/mol. The average Bonchev–Trinajstić information content (AvgIpc) is 3.18. The Hall–Kier alpha value is -3.06. The number of esters is 2. The molecular formula is C46H72O10Si. The summed E-state index contributed by atoms with van der Waals surface area (Å²) in [4.78, 5) is 26.7. The van der Waals surface area contributed by atoms with Crippen molar-refractivity contribution in [2.45, 2.75) is 161 Å². The van der Waals surface area contributed by atoms with Gasteiger partial charge < -0.3 is 37.6 Å². The summed E-state index contributed by atoms with van der Waals surface area (Å²) in [7, 11) is 2.29. The maximum absolute atomic E-state index is 13.7. The average molecular weight is 813 g/mol. The number of carbonyl (C=O) groups excluding carboxylic acids is 2. The van der Waals surface area contributed by atoms with Gasteiger partial charge in [-0.25, -0.2) is 4.79 Å². The van der Waals surface area contributed by atoms with Crippen molar-refractivity contribution in [1.82, 2.24) is 0 Å². The van der Waals surface area contributed by atoms with E-state index >= 15 is 0 Å². The van der Waals surface area contributed by atoms with E-state index in [-0.39, 0.29) is 36.6 Å². The van der Waals surface area contributed by atoms with Crippen LogP contribution in [-0.2, 0) is 55.7 Å². The van der Waals surface area contributed by atoms with E-state index in [9.17, 15) is 9.59 Å². The van der Waals surface area contributed by atoms with E-state index < -0.39 is 43.8 Å². The molecule has 0 radical (unpaired) electrons. The summed E-state index contributed by atoms with van der Waals surface area (Å²) in [5, 5.41) is -0.0524. The highest BCUT2D eigenvalue weighted by molar-refractivity contribution is 6.74. The summed E-state index contributed by atoms with van der Waals surface area (Å²) in [6.07, 6.45) is 4.86. The minimum Gasteiger partial charge on any atom is -0.497 e. The molecule has 1 aliphatic rings. The van der Waals surface area contributed by atoms with Crippen molar-refractivity contribution in [3.8, 4) is 5.75 Å². The normalized spacial score (nSPS) is 20.9. The summed E-state index contributed by atoms with van der Waals surface area (Å²) in [5.41, 5.74) is 1.69. The van der Waals surface area contributed by atoms with E-state index in [1.165, 1.54) is 13.2 Å². The van der Waals surface area contributed by atoms with Crippen LogP contribution in [0.15, 0.2) is 66.2 Å².